The van der Waals surface area contributed by atoms with Crippen molar-refractivity contribution in [1.29, 1.82) is 5.26 Å². The van der Waals surface area contributed by atoms with Crippen LogP contribution < -0.4 is 4.90 Å². The van der Waals surface area contributed by atoms with E-state index in [0.717, 1.165) is 5.69 Å². The van der Waals surface area contributed by atoms with Crippen molar-refractivity contribution in [3.63, 3.8) is 0 Å². The summed E-state index contributed by atoms with van der Waals surface area (Å²) in [6.07, 6.45) is 0.441. The van der Waals surface area contributed by atoms with Crippen molar-refractivity contribution >= 4 is 27.6 Å². The van der Waals surface area contributed by atoms with Gasteiger partial charge in [0.1, 0.15) is 0 Å². The van der Waals surface area contributed by atoms with Gasteiger partial charge in [0, 0.05) is 22.7 Å². The second-order valence-corrected chi connectivity index (χ2v) is 5.02. The first-order valence-corrected chi connectivity index (χ1v) is 6.43. The number of anilines is 1. The first-order chi connectivity index (χ1) is 8.47. The summed E-state index contributed by atoms with van der Waals surface area (Å²) in [6.45, 7) is 4.71. The van der Waals surface area contributed by atoms with Crippen LogP contribution in [-0.2, 0) is 0 Å². The number of carboxylic acid groups (broad SMARTS) is 1. The predicted octanol–water partition coefficient (Wildman–Crippen LogP) is 3.28. The van der Waals surface area contributed by atoms with Gasteiger partial charge >= 0.3 is 5.97 Å². The molecule has 0 aliphatic rings. The lowest BCUT2D eigenvalue weighted by Gasteiger charge is -2.28. The molecule has 0 aliphatic carbocycles. The quantitative estimate of drug-likeness (QED) is 0.906. The van der Waals surface area contributed by atoms with Gasteiger partial charge in [0.15, 0.2) is 0 Å². The van der Waals surface area contributed by atoms with Gasteiger partial charge in [-0.05, 0) is 48.0 Å². The second kappa shape index (κ2) is 6.41. The van der Waals surface area contributed by atoms with Crippen molar-refractivity contribution in [1.82, 2.24) is 0 Å². The molecule has 1 rings (SSSR count). The Kier molecular flexibility index (Phi) is 5.17. The first-order valence-electron chi connectivity index (χ1n) is 5.63. The highest BCUT2D eigenvalue weighted by atomic mass is 79.9. The summed E-state index contributed by atoms with van der Waals surface area (Å²) < 4.78 is 0.551. The number of hydrogen-bond acceptors (Lipinski definition) is 3. The van der Waals surface area contributed by atoms with E-state index in [-0.39, 0.29) is 11.6 Å². The van der Waals surface area contributed by atoms with Gasteiger partial charge in [0.05, 0.1) is 18.1 Å². The Labute approximate surface area is 115 Å². The molecule has 0 unspecified atom stereocenters. The van der Waals surface area contributed by atoms with Crippen molar-refractivity contribution in [2.24, 2.45) is 0 Å². The van der Waals surface area contributed by atoms with Crippen LogP contribution in [0.1, 0.15) is 30.6 Å². The Bertz CT molecular complexity index is 480. The fourth-order valence-corrected chi connectivity index (χ4v) is 2.25. The SMILES string of the molecule is CC(C)N(CCC#N)c1ccc(C(=O)O)c(Br)c1. The maximum atomic E-state index is 10.9. The molecule has 0 saturated carbocycles. The fraction of sp³-hybridized carbons (Fsp3) is 0.385. The van der Waals surface area contributed by atoms with E-state index in [9.17, 15) is 4.79 Å². The number of aromatic carboxylic acids is 1. The number of hydrogen-bond donors (Lipinski definition) is 1. The summed E-state index contributed by atoms with van der Waals surface area (Å²) in [5, 5.41) is 17.6. The highest BCUT2D eigenvalue weighted by Crippen LogP contribution is 2.25. The molecule has 96 valence electrons. The summed E-state index contributed by atoms with van der Waals surface area (Å²) in [5.74, 6) is -0.957. The smallest absolute Gasteiger partial charge is 0.336 e. The third kappa shape index (κ3) is 3.47. The number of rotatable bonds is 5. The molecule has 0 aromatic heterocycles. The molecule has 0 spiro atoms. The van der Waals surface area contributed by atoms with Crippen LogP contribution in [0.5, 0.6) is 0 Å². The van der Waals surface area contributed by atoms with E-state index in [1.54, 1.807) is 18.2 Å². The molecule has 5 heteroatoms. The third-order valence-corrected chi connectivity index (χ3v) is 3.26. The van der Waals surface area contributed by atoms with E-state index in [0.29, 0.717) is 17.4 Å². The van der Waals surface area contributed by atoms with Crippen LogP contribution in [-0.4, -0.2) is 23.7 Å². The van der Waals surface area contributed by atoms with Crippen molar-refractivity contribution in [3.8, 4) is 6.07 Å². The van der Waals surface area contributed by atoms with Gasteiger partial charge in [-0.25, -0.2) is 4.79 Å². The number of benzene rings is 1. The highest BCUT2D eigenvalue weighted by Gasteiger charge is 2.14. The van der Waals surface area contributed by atoms with Crippen molar-refractivity contribution in [2.45, 2.75) is 26.3 Å². The maximum absolute atomic E-state index is 10.9. The Morgan fingerprint density at radius 2 is 2.22 bits per heavy atom. The van der Waals surface area contributed by atoms with Crippen LogP contribution in [0.3, 0.4) is 0 Å². The summed E-state index contributed by atoms with van der Waals surface area (Å²) in [5.41, 5.74) is 1.15. The minimum Gasteiger partial charge on any atom is -0.478 e. The van der Waals surface area contributed by atoms with E-state index in [1.807, 2.05) is 13.8 Å². The molecule has 0 radical (unpaired) electrons. The van der Waals surface area contributed by atoms with Crippen LogP contribution in [0.15, 0.2) is 22.7 Å². The molecule has 0 saturated heterocycles. The molecule has 1 N–H and O–H groups in total. The number of carbonyl (C=O) groups is 1. The van der Waals surface area contributed by atoms with Crippen molar-refractivity contribution in [2.75, 3.05) is 11.4 Å². The van der Waals surface area contributed by atoms with Gasteiger partial charge in [0.2, 0.25) is 0 Å². The lowest BCUT2D eigenvalue weighted by atomic mass is 10.1. The molecule has 4 nitrogen and oxygen atoms in total. The summed E-state index contributed by atoms with van der Waals surface area (Å²) in [6, 6.07) is 7.49. The lowest BCUT2D eigenvalue weighted by Crippen LogP contribution is -2.31. The average molecular weight is 311 g/mol. The molecule has 1 aromatic rings. The molecular formula is C13H15BrN2O2. The van der Waals surface area contributed by atoms with Crippen LogP contribution in [0.2, 0.25) is 0 Å². The van der Waals surface area contributed by atoms with Crippen molar-refractivity contribution in [3.05, 3.63) is 28.2 Å². The van der Waals surface area contributed by atoms with Gasteiger partial charge in [-0.15, -0.1) is 0 Å². The summed E-state index contributed by atoms with van der Waals surface area (Å²) in [7, 11) is 0. The van der Waals surface area contributed by atoms with E-state index in [4.69, 9.17) is 10.4 Å². The highest BCUT2D eigenvalue weighted by molar-refractivity contribution is 9.10. The maximum Gasteiger partial charge on any atom is 0.336 e. The van der Waals surface area contributed by atoms with E-state index >= 15 is 0 Å². The second-order valence-electron chi connectivity index (χ2n) is 4.16. The zero-order chi connectivity index (χ0) is 13.7. The van der Waals surface area contributed by atoms with Gasteiger partial charge in [-0.2, -0.15) is 5.26 Å². The number of carboxylic acids is 1. The molecule has 18 heavy (non-hydrogen) atoms. The molecular weight excluding hydrogens is 296 g/mol. The molecule has 0 aliphatic heterocycles. The van der Waals surface area contributed by atoms with E-state index in [1.165, 1.54) is 0 Å². The monoisotopic (exact) mass is 310 g/mol. The molecule has 0 amide bonds. The largest absolute Gasteiger partial charge is 0.478 e. The number of halogens is 1. The van der Waals surface area contributed by atoms with Gasteiger partial charge < -0.3 is 10.0 Å². The average Bonchev–Trinajstić information content (AvgIpc) is 2.28. The Hall–Kier alpha value is -1.54. The first kappa shape index (κ1) is 14.5. The Morgan fingerprint density at radius 1 is 1.56 bits per heavy atom. The molecule has 1 aromatic carbocycles. The van der Waals surface area contributed by atoms with Gasteiger partial charge in [-0.3, -0.25) is 0 Å². The number of nitriles is 1. The van der Waals surface area contributed by atoms with Crippen LogP contribution in [0.4, 0.5) is 5.69 Å². The van der Waals surface area contributed by atoms with Crippen LogP contribution >= 0.6 is 15.9 Å². The Balaban J connectivity index is 3.03. The normalized spacial score (nSPS) is 10.2. The van der Waals surface area contributed by atoms with E-state index < -0.39 is 5.97 Å². The predicted molar refractivity (Wildman–Crippen MR) is 73.8 cm³/mol. The zero-order valence-corrected chi connectivity index (χ0v) is 11.9. The third-order valence-electron chi connectivity index (χ3n) is 2.60. The zero-order valence-electron chi connectivity index (χ0n) is 10.4. The van der Waals surface area contributed by atoms with Crippen LogP contribution in [0, 0.1) is 11.3 Å². The molecule has 0 fully saturated rings. The van der Waals surface area contributed by atoms with Crippen molar-refractivity contribution < 1.29 is 9.90 Å². The molecule has 0 bridgehead atoms. The standard InChI is InChI=1S/C13H15BrN2O2/c1-9(2)16(7-3-6-15)10-4-5-11(13(17)18)12(14)8-10/h4-5,8-9H,3,7H2,1-2H3,(H,17,18). The van der Waals surface area contributed by atoms with Gasteiger partial charge in [-0.1, -0.05) is 0 Å². The summed E-state index contributed by atoms with van der Waals surface area (Å²) in [4.78, 5) is 13.0. The van der Waals surface area contributed by atoms with Gasteiger partial charge in [0.25, 0.3) is 0 Å². The molecule has 0 atom stereocenters. The molecule has 0 heterocycles. The topological polar surface area (TPSA) is 64.3 Å². The minimum absolute atomic E-state index is 0.239. The van der Waals surface area contributed by atoms with E-state index in [2.05, 4.69) is 26.9 Å². The Morgan fingerprint density at radius 3 is 2.67 bits per heavy atom. The minimum atomic E-state index is -0.957. The van der Waals surface area contributed by atoms with Crippen LogP contribution in [0.25, 0.3) is 0 Å². The lowest BCUT2D eigenvalue weighted by molar-refractivity contribution is 0.0696. The summed E-state index contributed by atoms with van der Waals surface area (Å²) >= 11 is 3.26. The fourth-order valence-electron chi connectivity index (χ4n) is 1.71. The number of nitrogens with zero attached hydrogens (tertiary/aromatic N) is 2.